The van der Waals surface area contributed by atoms with E-state index in [-0.39, 0.29) is 16.9 Å². The standard InChI is InChI=1S/C22H29N5O5S/c1-4-27(5-2)33(31,32)18-8-6-7-17(13-18)21(29)26-25-20(28)14-19(24-22(23)30)16-11-9-15(3)10-12-16/h6-13,19H,4-5,14H2,1-3H3,(H,25,28)(H,26,29)(H3,23,24,30). The molecule has 0 fully saturated rings. The van der Waals surface area contributed by atoms with Gasteiger partial charge in [0.2, 0.25) is 15.9 Å². The van der Waals surface area contributed by atoms with Crippen molar-refractivity contribution in [2.24, 2.45) is 5.73 Å². The molecule has 2 rings (SSSR count). The van der Waals surface area contributed by atoms with Crippen molar-refractivity contribution in [2.45, 2.75) is 38.1 Å². The fourth-order valence-electron chi connectivity index (χ4n) is 3.17. The van der Waals surface area contributed by atoms with Crippen molar-refractivity contribution >= 4 is 27.9 Å². The van der Waals surface area contributed by atoms with Gasteiger partial charge >= 0.3 is 6.03 Å². The van der Waals surface area contributed by atoms with Crippen LogP contribution in [0, 0.1) is 6.92 Å². The molecule has 0 saturated carbocycles. The summed E-state index contributed by atoms with van der Waals surface area (Å²) in [5.41, 5.74) is 11.5. The van der Waals surface area contributed by atoms with E-state index < -0.39 is 33.9 Å². The van der Waals surface area contributed by atoms with E-state index in [1.807, 2.05) is 19.1 Å². The molecular formula is C22H29N5O5S. The Balaban J connectivity index is 2.06. The summed E-state index contributed by atoms with van der Waals surface area (Å²) >= 11 is 0. The van der Waals surface area contributed by atoms with E-state index in [9.17, 15) is 22.8 Å². The van der Waals surface area contributed by atoms with Gasteiger partial charge in [-0.2, -0.15) is 4.31 Å². The number of nitrogens with zero attached hydrogens (tertiary/aromatic N) is 1. The highest BCUT2D eigenvalue weighted by molar-refractivity contribution is 7.89. The second-order valence-corrected chi connectivity index (χ2v) is 9.23. The lowest BCUT2D eigenvalue weighted by Gasteiger charge is -2.19. The molecule has 0 aliphatic rings. The molecule has 2 aromatic carbocycles. The lowest BCUT2D eigenvalue weighted by molar-refractivity contribution is -0.122. The van der Waals surface area contributed by atoms with Gasteiger partial charge in [-0.05, 0) is 30.7 Å². The fourth-order valence-corrected chi connectivity index (χ4v) is 4.67. The number of sulfonamides is 1. The monoisotopic (exact) mass is 475 g/mol. The van der Waals surface area contributed by atoms with Gasteiger partial charge < -0.3 is 11.1 Å². The third-order valence-electron chi connectivity index (χ3n) is 4.94. The van der Waals surface area contributed by atoms with Crippen LogP contribution in [0.25, 0.3) is 0 Å². The molecule has 178 valence electrons. The smallest absolute Gasteiger partial charge is 0.312 e. The number of benzene rings is 2. The van der Waals surface area contributed by atoms with Gasteiger partial charge in [-0.1, -0.05) is 49.7 Å². The van der Waals surface area contributed by atoms with Crippen molar-refractivity contribution in [2.75, 3.05) is 13.1 Å². The van der Waals surface area contributed by atoms with E-state index >= 15 is 0 Å². The number of amides is 4. The van der Waals surface area contributed by atoms with E-state index in [0.29, 0.717) is 18.7 Å². The lowest BCUT2D eigenvalue weighted by Crippen LogP contribution is -2.44. The van der Waals surface area contributed by atoms with Crippen LogP contribution in [0.3, 0.4) is 0 Å². The Morgan fingerprint density at radius 3 is 2.21 bits per heavy atom. The summed E-state index contributed by atoms with van der Waals surface area (Å²) in [5, 5.41) is 2.51. The van der Waals surface area contributed by atoms with Crippen LogP contribution in [0.5, 0.6) is 0 Å². The largest absolute Gasteiger partial charge is 0.352 e. The number of hydrogen-bond acceptors (Lipinski definition) is 5. The number of aryl methyl sites for hydroxylation is 1. The number of urea groups is 1. The minimum absolute atomic E-state index is 0.0183. The van der Waals surface area contributed by atoms with Crippen molar-refractivity contribution in [1.82, 2.24) is 20.5 Å². The molecule has 10 nitrogen and oxygen atoms in total. The summed E-state index contributed by atoms with van der Waals surface area (Å²) in [5.74, 6) is -1.26. The van der Waals surface area contributed by atoms with E-state index in [1.165, 1.54) is 28.6 Å². The average molecular weight is 476 g/mol. The molecule has 2 aromatic rings. The maximum Gasteiger partial charge on any atom is 0.312 e. The molecule has 0 aliphatic carbocycles. The predicted octanol–water partition coefficient (Wildman–Crippen LogP) is 1.59. The van der Waals surface area contributed by atoms with Crippen LogP contribution in [-0.2, 0) is 14.8 Å². The zero-order chi connectivity index (χ0) is 24.6. The number of carbonyl (C=O) groups is 3. The van der Waals surface area contributed by atoms with Gasteiger partial charge in [0.1, 0.15) is 0 Å². The van der Waals surface area contributed by atoms with Crippen LogP contribution in [-0.4, -0.2) is 43.7 Å². The summed E-state index contributed by atoms with van der Waals surface area (Å²) in [4.78, 5) is 36.2. The van der Waals surface area contributed by atoms with E-state index in [4.69, 9.17) is 5.73 Å². The maximum absolute atomic E-state index is 12.7. The number of carbonyl (C=O) groups excluding carboxylic acids is 3. The Kier molecular flexibility index (Phi) is 8.94. The normalized spacial score (nSPS) is 12.1. The molecule has 33 heavy (non-hydrogen) atoms. The Labute approximate surface area is 193 Å². The molecule has 1 atom stereocenters. The number of primary amides is 1. The van der Waals surface area contributed by atoms with Gasteiger partial charge in [0.05, 0.1) is 17.4 Å². The molecule has 0 bridgehead atoms. The van der Waals surface area contributed by atoms with Gasteiger partial charge in [-0.15, -0.1) is 0 Å². The van der Waals surface area contributed by atoms with Crippen molar-refractivity contribution in [3.8, 4) is 0 Å². The van der Waals surface area contributed by atoms with Crippen molar-refractivity contribution in [1.29, 1.82) is 0 Å². The summed E-state index contributed by atoms with van der Waals surface area (Å²) in [7, 11) is -3.74. The zero-order valence-corrected chi connectivity index (χ0v) is 19.6. The minimum Gasteiger partial charge on any atom is -0.352 e. The average Bonchev–Trinajstić information content (AvgIpc) is 2.78. The third kappa shape index (κ3) is 7.02. The molecule has 0 spiro atoms. The summed E-state index contributed by atoms with van der Waals surface area (Å²) < 4.78 is 26.6. The molecule has 4 amide bonds. The maximum atomic E-state index is 12.7. The molecule has 1 unspecified atom stereocenters. The van der Waals surface area contributed by atoms with Gasteiger partial charge in [-0.25, -0.2) is 13.2 Å². The van der Waals surface area contributed by atoms with Crippen LogP contribution < -0.4 is 21.9 Å². The molecule has 5 N–H and O–H groups in total. The topological polar surface area (TPSA) is 151 Å². The van der Waals surface area contributed by atoms with E-state index in [2.05, 4.69) is 16.2 Å². The minimum atomic E-state index is -3.74. The first-order chi connectivity index (χ1) is 15.6. The van der Waals surface area contributed by atoms with Crippen LogP contribution in [0.2, 0.25) is 0 Å². The fraction of sp³-hybridized carbons (Fsp3) is 0.318. The number of hydrazine groups is 1. The molecule has 0 heterocycles. The van der Waals surface area contributed by atoms with Crippen LogP contribution in [0.15, 0.2) is 53.4 Å². The van der Waals surface area contributed by atoms with Crippen molar-refractivity contribution in [3.05, 3.63) is 65.2 Å². The van der Waals surface area contributed by atoms with Crippen LogP contribution >= 0.6 is 0 Å². The highest BCUT2D eigenvalue weighted by Crippen LogP contribution is 2.18. The first-order valence-corrected chi connectivity index (χ1v) is 11.8. The number of hydrogen-bond donors (Lipinski definition) is 4. The second kappa shape index (κ2) is 11.4. The molecule has 0 radical (unpaired) electrons. The molecule has 0 aromatic heterocycles. The van der Waals surface area contributed by atoms with Gasteiger partial charge in [0.25, 0.3) is 5.91 Å². The number of nitrogens with one attached hydrogen (secondary N) is 3. The number of nitrogens with two attached hydrogens (primary N) is 1. The quantitative estimate of drug-likeness (QED) is 0.406. The third-order valence-corrected chi connectivity index (χ3v) is 6.99. The summed E-state index contributed by atoms with van der Waals surface area (Å²) in [6.07, 6.45) is -0.178. The Hall–Kier alpha value is -3.44. The SMILES string of the molecule is CCN(CC)S(=O)(=O)c1cccc(C(=O)NNC(=O)CC(NC(N)=O)c2ccc(C)cc2)c1. The zero-order valence-electron chi connectivity index (χ0n) is 18.8. The Bertz CT molecular complexity index is 1100. The molecular weight excluding hydrogens is 446 g/mol. The van der Waals surface area contributed by atoms with Gasteiger partial charge in [-0.3, -0.25) is 20.4 Å². The highest BCUT2D eigenvalue weighted by atomic mass is 32.2. The van der Waals surface area contributed by atoms with E-state index in [1.54, 1.807) is 26.0 Å². The Morgan fingerprint density at radius 1 is 1.00 bits per heavy atom. The molecule has 11 heteroatoms. The second-order valence-electron chi connectivity index (χ2n) is 7.30. The van der Waals surface area contributed by atoms with Gasteiger partial charge in [0, 0.05) is 18.7 Å². The molecule has 0 saturated heterocycles. The Morgan fingerprint density at radius 2 is 1.64 bits per heavy atom. The number of rotatable bonds is 9. The molecule has 0 aliphatic heterocycles. The first-order valence-electron chi connectivity index (χ1n) is 10.4. The van der Waals surface area contributed by atoms with Crippen molar-refractivity contribution < 1.29 is 22.8 Å². The first kappa shape index (κ1) is 25.8. The lowest BCUT2D eigenvalue weighted by atomic mass is 10.0. The summed E-state index contributed by atoms with van der Waals surface area (Å²) in [6, 6.07) is 11.3. The van der Waals surface area contributed by atoms with Gasteiger partial charge in [0.15, 0.2) is 0 Å². The van der Waals surface area contributed by atoms with Crippen LogP contribution in [0.1, 0.15) is 47.8 Å². The predicted molar refractivity (Wildman–Crippen MR) is 123 cm³/mol. The van der Waals surface area contributed by atoms with Crippen molar-refractivity contribution in [3.63, 3.8) is 0 Å². The van der Waals surface area contributed by atoms with Crippen LogP contribution in [0.4, 0.5) is 4.79 Å². The van der Waals surface area contributed by atoms with E-state index in [0.717, 1.165) is 5.56 Å². The summed E-state index contributed by atoms with van der Waals surface area (Å²) in [6.45, 7) is 5.96. The highest BCUT2D eigenvalue weighted by Gasteiger charge is 2.23.